The first-order valence-corrected chi connectivity index (χ1v) is 6.05. The van der Waals surface area contributed by atoms with Gasteiger partial charge in [0.2, 0.25) is 5.91 Å². The van der Waals surface area contributed by atoms with Crippen LogP contribution < -0.4 is 16.4 Å². The number of nitrogens with one attached hydrogen (secondary N) is 2. The average molecular weight is 282 g/mol. The molecule has 20 heavy (non-hydrogen) atoms. The molecule has 0 aliphatic heterocycles. The highest BCUT2D eigenvalue weighted by molar-refractivity contribution is 5.81. The van der Waals surface area contributed by atoms with Crippen molar-refractivity contribution in [2.45, 2.75) is 6.04 Å². The SMILES string of the molecule is COCC(N)C(=O)NCCNc1ccccc1[N+](=O)[O-]. The van der Waals surface area contributed by atoms with Crippen molar-refractivity contribution in [1.29, 1.82) is 0 Å². The third kappa shape index (κ3) is 4.82. The van der Waals surface area contributed by atoms with Crippen molar-refractivity contribution < 1.29 is 14.5 Å². The maximum Gasteiger partial charge on any atom is 0.292 e. The Balaban J connectivity index is 2.38. The molecule has 0 fully saturated rings. The van der Waals surface area contributed by atoms with Crippen molar-refractivity contribution in [3.63, 3.8) is 0 Å². The van der Waals surface area contributed by atoms with Gasteiger partial charge < -0.3 is 21.1 Å². The number of carbonyl (C=O) groups is 1. The predicted molar refractivity (Wildman–Crippen MR) is 74.4 cm³/mol. The fourth-order valence-electron chi connectivity index (χ4n) is 1.55. The summed E-state index contributed by atoms with van der Waals surface area (Å²) in [6.45, 7) is 0.808. The molecule has 1 rings (SSSR count). The van der Waals surface area contributed by atoms with Crippen molar-refractivity contribution in [3.8, 4) is 0 Å². The summed E-state index contributed by atoms with van der Waals surface area (Å²) >= 11 is 0. The number of rotatable bonds is 8. The predicted octanol–water partition coefficient (Wildman–Crippen LogP) is 0.0966. The molecular weight excluding hydrogens is 264 g/mol. The normalized spacial score (nSPS) is 11.7. The van der Waals surface area contributed by atoms with Gasteiger partial charge in [-0.3, -0.25) is 14.9 Å². The second-order valence-corrected chi connectivity index (χ2v) is 4.05. The van der Waals surface area contributed by atoms with Gasteiger partial charge in [-0.1, -0.05) is 12.1 Å². The molecule has 1 aromatic carbocycles. The molecule has 0 heterocycles. The Kier molecular flexibility index (Phi) is 6.41. The average Bonchev–Trinajstić information content (AvgIpc) is 2.43. The zero-order valence-corrected chi connectivity index (χ0v) is 11.2. The fraction of sp³-hybridized carbons (Fsp3) is 0.417. The number of hydrogen-bond acceptors (Lipinski definition) is 6. The van der Waals surface area contributed by atoms with E-state index in [1.54, 1.807) is 18.2 Å². The lowest BCUT2D eigenvalue weighted by Crippen LogP contribution is -2.44. The van der Waals surface area contributed by atoms with Gasteiger partial charge in [0.15, 0.2) is 0 Å². The molecule has 4 N–H and O–H groups in total. The van der Waals surface area contributed by atoms with Crippen LogP contribution in [0.4, 0.5) is 11.4 Å². The van der Waals surface area contributed by atoms with Crippen LogP contribution in [-0.2, 0) is 9.53 Å². The van der Waals surface area contributed by atoms with Crippen LogP contribution in [0.1, 0.15) is 0 Å². The number of methoxy groups -OCH3 is 1. The van der Waals surface area contributed by atoms with E-state index in [9.17, 15) is 14.9 Å². The van der Waals surface area contributed by atoms with E-state index in [1.807, 2.05) is 0 Å². The molecule has 8 nitrogen and oxygen atoms in total. The Bertz CT molecular complexity index is 467. The molecule has 0 saturated carbocycles. The van der Waals surface area contributed by atoms with Crippen molar-refractivity contribution in [1.82, 2.24) is 5.32 Å². The monoisotopic (exact) mass is 282 g/mol. The topological polar surface area (TPSA) is 120 Å². The molecule has 1 atom stereocenters. The number of carbonyl (C=O) groups excluding carboxylic acids is 1. The van der Waals surface area contributed by atoms with Crippen LogP contribution in [0.2, 0.25) is 0 Å². The molecule has 0 aromatic heterocycles. The zero-order valence-electron chi connectivity index (χ0n) is 11.2. The smallest absolute Gasteiger partial charge is 0.292 e. The first-order valence-electron chi connectivity index (χ1n) is 6.05. The minimum absolute atomic E-state index is 0.00471. The summed E-state index contributed by atoms with van der Waals surface area (Å²) < 4.78 is 4.77. The van der Waals surface area contributed by atoms with Crippen LogP contribution in [0.3, 0.4) is 0 Å². The summed E-state index contributed by atoms with van der Waals surface area (Å²) in [7, 11) is 1.46. The van der Waals surface area contributed by atoms with Crippen molar-refractivity contribution in [2.75, 3.05) is 32.1 Å². The molecule has 0 saturated heterocycles. The van der Waals surface area contributed by atoms with Crippen LogP contribution in [0, 0.1) is 10.1 Å². The first-order chi connectivity index (χ1) is 9.56. The van der Waals surface area contributed by atoms with E-state index in [0.29, 0.717) is 18.8 Å². The third-order valence-corrected chi connectivity index (χ3v) is 2.52. The van der Waals surface area contributed by atoms with Gasteiger partial charge in [0.05, 0.1) is 11.5 Å². The van der Waals surface area contributed by atoms with Gasteiger partial charge in [0, 0.05) is 26.3 Å². The number of anilines is 1. The molecular formula is C12H18N4O4. The van der Waals surface area contributed by atoms with Gasteiger partial charge >= 0.3 is 0 Å². The van der Waals surface area contributed by atoms with Crippen LogP contribution in [0.15, 0.2) is 24.3 Å². The third-order valence-electron chi connectivity index (χ3n) is 2.52. The highest BCUT2D eigenvalue weighted by Gasteiger charge is 2.13. The van der Waals surface area contributed by atoms with E-state index in [4.69, 9.17) is 10.5 Å². The zero-order chi connectivity index (χ0) is 15.0. The van der Waals surface area contributed by atoms with Gasteiger partial charge in [-0.05, 0) is 6.07 Å². The molecule has 0 spiro atoms. The van der Waals surface area contributed by atoms with Gasteiger partial charge in [-0.25, -0.2) is 0 Å². The molecule has 1 aromatic rings. The second-order valence-electron chi connectivity index (χ2n) is 4.05. The highest BCUT2D eigenvalue weighted by atomic mass is 16.6. The second kappa shape index (κ2) is 8.08. The van der Waals surface area contributed by atoms with Crippen LogP contribution >= 0.6 is 0 Å². The van der Waals surface area contributed by atoms with Crippen molar-refractivity contribution >= 4 is 17.3 Å². The summed E-state index contributed by atoms with van der Waals surface area (Å²) in [6, 6.07) is 5.59. The maximum atomic E-state index is 11.5. The Morgan fingerprint density at radius 3 is 2.80 bits per heavy atom. The van der Waals surface area contributed by atoms with Crippen molar-refractivity contribution in [2.24, 2.45) is 5.73 Å². The molecule has 0 bridgehead atoms. The van der Waals surface area contributed by atoms with Crippen molar-refractivity contribution in [3.05, 3.63) is 34.4 Å². The highest BCUT2D eigenvalue weighted by Crippen LogP contribution is 2.22. The number of nitro benzene ring substituents is 1. The van der Waals surface area contributed by atoms with E-state index in [-0.39, 0.29) is 18.2 Å². The number of amides is 1. The summed E-state index contributed by atoms with van der Waals surface area (Å²) in [5, 5.41) is 16.3. The lowest BCUT2D eigenvalue weighted by molar-refractivity contribution is -0.384. The number of benzene rings is 1. The Labute approximate surface area is 116 Å². The van der Waals surface area contributed by atoms with Crippen LogP contribution in [0.5, 0.6) is 0 Å². The number of hydrogen-bond donors (Lipinski definition) is 3. The summed E-state index contributed by atoms with van der Waals surface area (Å²) in [5.74, 6) is -0.323. The minimum Gasteiger partial charge on any atom is -0.383 e. The fourth-order valence-corrected chi connectivity index (χ4v) is 1.55. The molecule has 8 heteroatoms. The van der Waals surface area contributed by atoms with E-state index in [1.165, 1.54) is 13.2 Å². The Morgan fingerprint density at radius 1 is 1.45 bits per heavy atom. The van der Waals surface area contributed by atoms with E-state index < -0.39 is 11.0 Å². The lowest BCUT2D eigenvalue weighted by atomic mass is 10.2. The molecule has 0 aliphatic rings. The van der Waals surface area contributed by atoms with Gasteiger partial charge in [0.1, 0.15) is 11.7 Å². The van der Waals surface area contributed by atoms with Crippen LogP contribution in [-0.4, -0.2) is 43.7 Å². The summed E-state index contributed by atoms with van der Waals surface area (Å²) in [4.78, 5) is 21.8. The molecule has 110 valence electrons. The van der Waals surface area contributed by atoms with E-state index >= 15 is 0 Å². The number of ether oxygens (including phenoxy) is 1. The number of nitro groups is 1. The standard InChI is InChI=1S/C12H18N4O4/c1-20-8-9(13)12(17)15-7-6-14-10-4-2-3-5-11(10)16(18)19/h2-5,9,14H,6-8,13H2,1H3,(H,15,17). The first kappa shape index (κ1) is 15.9. The largest absolute Gasteiger partial charge is 0.383 e. The van der Waals surface area contributed by atoms with Crippen LogP contribution in [0.25, 0.3) is 0 Å². The van der Waals surface area contributed by atoms with Gasteiger partial charge in [-0.15, -0.1) is 0 Å². The molecule has 1 unspecified atom stereocenters. The minimum atomic E-state index is -0.717. The number of nitrogens with zero attached hydrogens (tertiary/aromatic N) is 1. The van der Waals surface area contributed by atoms with E-state index in [2.05, 4.69) is 10.6 Å². The lowest BCUT2D eigenvalue weighted by Gasteiger charge is -2.12. The molecule has 0 aliphatic carbocycles. The Morgan fingerprint density at radius 2 is 2.15 bits per heavy atom. The van der Waals surface area contributed by atoms with Gasteiger partial charge in [0.25, 0.3) is 5.69 Å². The molecule has 0 radical (unpaired) electrons. The summed E-state index contributed by atoms with van der Waals surface area (Å²) in [5.41, 5.74) is 5.94. The number of para-hydroxylation sites is 2. The maximum absolute atomic E-state index is 11.5. The Hall–Kier alpha value is -2.19. The quantitative estimate of drug-likeness (QED) is 0.353. The van der Waals surface area contributed by atoms with E-state index in [0.717, 1.165) is 0 Å². The van der Waals surface area contributed by atoms with Gasteiger partial charge in [-0.2, -0.15) is 0 Å². The number of nitrogens with two attached hydrogens (primary N) is 1. The summed E-state index contributed by atoms with van der Waals surface area (Å²) in [6.07, 6.45) is 0. The molecule has 1 amide bonds.